The summed E-state index contributed by atoms with van der Waals surface area (Å²) in [5.74, 6) is -0.292. The van der Waals surface area contributed by atoms with Gasteiger partial charge in [0.2, 0.25) is 5.91 Å². The maximum atomic E-state index is 12.5. The molecule has 2 aromatic heterocycles. The average molecular weight is 425 g/mol. The van der Waals surface area contributed by atoms with E-state index < -0.39 is 5.91 Å². The van der Waals surface area contributed by atoms with Crippen LogP contribution in [0.25, 0.3) is 10.6 Å². The van der Waals surface area contributed by atoms with Crippen LogP contribution in [0.4, 0.5) is 11.5 Å². The summed E-state index contributed by atoms with van der Waals surface area (Å²) in [4.78, 5) is 26.9. The highest BCUT2D eigenvalue weighted by molar-refractivity contribution is 7.13. The van der Waals surface area contributed by atoms with Crippen molar-refractivity contribution in [1.82, 2.24) is 15.1 Å². The van der Waals surface area contributed by atoms with Crippen molar-refractivity contribution in [3.63, 3.8) is 0 Å². The number of likely N-dealkylation sites (tertiary alicyclic amines) is 1. The lowest BCUT2D eigenvalue weighted by Gasteiger charge is -2.30. The minimum atomic E-state index is -0.473. The average Bonchev–Trinajstić information content (AvgIpc) is 3.40. The van der Waals surface area contributed by atoms with E-state index in [1.54, 1.807) is 29.6 Å². The number of nitrogens with zero attached hydrogens (tertiary/aromatic N) is 2. The zero-order chi connectivity index (χ0) is 21.1. The number of hydrogen-bond acceptors (Lipinski definition) is 6. The van der Waals surface area contributed by atoms with Gasteiger partial charge in [-0.2, -0.15) is 5.10 Å². The van der Waals surface area contributed by atoms with Crippen molar-refractivity contribution in [1.29, 1.82) is 0 Å². The molecule has 0 aliphatic carbocycles. The SMILES string of the molecule is CN1CCC(Nc2ccc(C(=O)Nc3cc(-c4cc(C(N)=O)cs4)[nH]n3)cc2)CC1. The number of rotatable bonds is 6. The number of carbonyl (C=O) groups is 2. The highest BCUT2D eigenvalue weighted by Crippen LogP contribution is 2.27. The van der Waals surface area contributed by atoms with Crippen molar-refractivity contribution in [3.8, 4) is 10.6 Å². The van der Waals surface area contributed by atoms with Crippen molar-refractivity contribution in [3.05, 3.63) is 52.9 Å². The lowest BCUT2D eigenvalue weighted by molar-refractivity contribution is 0.0998. The summed E-state index contributed by atoms with van der Waals surface area (Å²) in [5, 5.41) is 15.0. The van der Waals surface area contributed by atoms with Crippen LogP contribution in [0, 0.1) is 0 Å². The Balaban J connectivity index is 1.35. The fourth-order valence-electron chi connectivity index (χ4n) is 3.41. The molecule has 8 nitrogen and oxygen atoms in total. The van der Waals surface area contributed by atoms with Crippen LogP contribution in [0.3, 0.4) is 0 Å². The Kier molecular flexibility index (Phi) is 5.82. The summed E-state index contributed by atoms with van der Waals surface area (Å²) < 4.78 is 0. The molecular weight excluding hydrogens is 400 g/mol. The van der Waals surface area contributed by atoms with Crippen molar-refractivity contribution in [2.24, 2.45) is 5.73 Å². The molecule has 0 atom stereocenters. The van der Waals surface area contributed by atoms with Gasteiger partial charge in [0.1, 0.15) is 0 Å². The van der Waals surface area contributed by atoms with Crippen molar-refractivity contribution < 1.29 is 9.59 Å². The fraction of sp³-hybridized carbons (Fsp3) is 0.286. The molecule has 1 saturated heterocycles. The summed E-state index contributed by atoms with van der Waals surface area (Å²) in [6.07, 6.45) is 2.23. The molecule has 0 radical (unpaired) electrons. The third kappa shape index (κ3) is 4.69. The second-order valence-electron chi connectivity index (χ2n) is 7.48. The number of aromatic amines is 1. The number of anilines is 2. The van der Waals surface area contributed by atoms with Crippen LogP contribution in [-0.4, -0.2) is 53.1 Å². The van der Waals surface area contributed by atoms with E-state index >= 15 is 0 Å². The Morgan fingerprint density at radius 3 is 2.57 bits per heavy atom. The van der Waals surface area contributed by atoms with Gasteiger partial charge in [0.05, 0.1) is 16.1 Å². The highest BCUT2D eigenvalue weighted by Gasteiger charge is 2.16. The lowest BCUT2D eigenvalue weighted by Crippen LogP contribution is -2.36. The van der Waals surface area contributed by atoms with Crippen molar-refractivity contribution >= 4 is 34.7 Å². The number of amides is 2. The van der Waals surface area contributed by atoms with Gasteiger partial charge in [-0.15, -0.1) is 11.3 Å². The molecule has 1 aliphatic heterocycles. The molecule has 3 aromatic rings. The number of H-pyrrole nitrogens is 1. The maximum absolute atomic E-state index is 12.5. The molecule has 1 aromatic carbocycles. The molecule has 156 valence electrons. The number of carbonyl (C=O) groups excluding carboxylic acids is 2. The standard InChI is InChI=1S/C21H24N6O2S/c1-27-8-6-16(7-9-27)23-15-4-2-13(3-5-15)21(29)24-19-11-17(25-26-19)18-10-14(12-30-18)20(22)28/h2-5,10-12,16,23H,6-9H2,1H3,(H2,22,28)(H2,24,25,26,29). The van der Waals surface area contributed by atoms with Crippen LogP contribution in [0.15, 0.2) is 41.8 Å². The number of aromatic nitrogens is 2. The van der Waals surface area contributed by atoms with Crippen molar-refractivity contribution in [2.75, 3.05) is 30.8 Å². The van der Waals surface area contributed by atoms with Crippen LogP contribution < -0.4 is 16.4 Å². The minimum Gasteiger partial charge on any atom is -0.382 e. The molecule has 5 N–H and O–H groups in total. The van der Waals surface area contributed by atoms with Gasteiger partial charge in [-0.1, -0.05) is 0 Å². The molecule has 3 heterocycles. The first-order valence-corrected chi connectivity index (χ1v) is 10.7. The van der Waals surface area contributed by atoms with E-state index in [4.69, 9.17) is 5.73 Å². The van der Waals surface area contributed by atoms with E-state index in [0.717, 1.165) is 36.5 Å². The molecule has 0 saturated carbocycles. The van der Waals surface area contributed by atoms with E-state index in [0.29, 0.717) is 28.7 Å². The normalized spacial score (nSPS) is 15.1. The van der Waals surface area contributed by atoms with Gasteiger partial charge in [0.25, 0.3) is 5.91 Å². The second-order valence-corrected chi connectivity index (χ2v) is 8.40. The first kappa shape index (κ1) is 20.1. The predicted octanol–water partition coefficient (Wildman–Crippen LogP) is 3.00. The Morgan fingerprint density at radius 1 is 1.17 bits per heavy atom. The Hall–Kier alpha value is -3.17. The summed E-state index contributed by atoms with van der Waals surface area (Å²) >= 11 is 1.38. The van der Waals surface area contributed by atoms with Gasteiger partial charge >= 0.3 is 0 Å². The van der Waals surface area contributed by atoms with Crippen LogP contribution >= 0.6 is 11.3 Å². The molecule has 1 aliphatic rings. The first-order chi connectivity index (χ1) is 14.5. The summed E-state index contributed by atoms with van der Waals surface area (Å²) in [5.41, 5.74) is 8.02. The van der Waals surface area contributed by atoms with Crippen LogP contribution in [0.5, 0.6) is 0 Å². The van der Waals surface area contributed by atoms with Crippen molar-refractivity contribution in [2.45, 2.75) is 18.9 Å². The number of thiophene rings is 1. The third-order valence-electron chi connectivity index (χ3n) is 5.21. The number of piperidine rings is 1. The van der Waals surface area contributed by atoms with Gasteiger partial charge in [-0.05, 0) is 63.3 Å². The highest BCUT2D eigenvalue weighted by atomic mass is 32.1. The molecule has 30 heavy (non-hydrogen) atoms. The Morgan fingerprint density at radius 2 is 1.90 bits per heavy atom. The minimum absolute atomic E-state index is 0.233. The molecule has 0 spiro atoms. The molecule has 0 unspecified atom stereocenters. The second kappa shape index (κ2) is 8.68. The zero-order valence-corrected chi connectivity index (χ0v) is 17.5. The van der Waals surface area contributed by atoms with E-state index in [1.807, 2.05) is 12.1 Å². The molecular formula is C21H24N6O2S. The molecule has 2 amide bonds. The first-order valence-electron chi connectivity index (χ1n) is 9.78. The fourth-order valence-corrected chi connectivity index (χ4v) is 4.28. The van der Waals surface area contributed by atoms with E-state index in [-0.39, 0.29) is 5.91 Å². The smallest absolute Gasteiger partial charge is 0.256 e. The Bertz CT molecular complexity index is 1030. The summed E-state index contributed by atoms with van der Waals surface area (Å²) in [7, 11) is 2.14. The van der Waals surface area contributed by atoms with Crippen LogP contribution in [0.1, 0.15) is 33.6 Å². The van der Waals surface area contributed by atoms with E-state index in [9.17, 15) is 9.59 Å². The molecule has 9 heteroatoms. The van der Waals surface area contributed by atoms with Gasteiger partial charge in [-0.3, -0.25) is 14.7 Å². The van der Waals surface area contributed by atoms with Gasteiger partial charge in [0.15, 0.2) is 5.82 Å². The predicted molar refractivity (Wildman–Crippen MR) is 119 cm³/mol. The summed E-state index contributed by atoms with van der Waals surface area (Å²) in [6, 6.07) is 11.4. The number of nitrogens with two attached hydrogens (primary N) is 1. The van der Waals surface area contributed by atoms with Gasteiger partial charge in [-0.25, -0.2) is 0 Å². The maximum Gasteiger partial charge on any atom is 0.256 e. The number of hydrogen-bond donors (Lipinski definition) is 4. The monoisotopic (exact) mass is 424 g/mol. The molecule has 1 fully saturated rings. The Labute approximate surface area is 178 Å². The van der Waals surface area contributed by atoms with Gasteiger partial charge in [0, 0.05) is 28.7 Å². The van der Waals surface area contributed by atoms with Crippen LogP contribution in [0.2, 0.25) is 0 Å². The number of benzene rings is 1. The lowest BCUT2D eigenvalue weighted by atomic mass is 10.0. The third-order valence-corrected chi connectivity index (χ3v) is 6.17. The number of primary amides is 1. The topological polar surface area (TPSA) is 116 Å². The summed E-state index contributed by atoms with van der Waals surface area (Å²) in [6.45, 7) is 2.19. The van der Waals surface area contributed by atoms with E-state index in [2.05, 4.69) is 32.8 Å². The quantitative estimate of drug-likeness (QED) is 0.485. The number of nitrogens with one attached hydrogen (secondary N) is 3. The van der Waals surface area contributed by atoms with E-state index in [1.165, 1.54) is 11.3 Å². The zero-order valence-electron chi connectivity index (χ0n) is 16.6. The van der Waals surface area contributed by atoms with Crippen LogP contribution in [-0.2, 0) is 0 Å². The molecule has 4 rings (SSSR count). The van der Waals surface area contributed by atoms with Gasteiger partial charge < -0.3 is 21.3 Å². The largest absolute Gasteiger partial charge is 0.382 e. The molecule has 0 bridgehead atoms.